The van der Waals surface area contributed by atoms with E-state index >= 15 is 0 Å². The summed E-state index contributed by atoms with van der Waals surface area (Å²) in [6.45, 7) is 5.04. The van der Waals surface area contributed by atoms with Crippen LogP contribution in [-0.2, 0) is 0 Å². The van der Waals surface area contributed by atoms with Gasteiger partial charge in [0.05, 0.1) is 6.04 Å². The lowest BCUT2D eigenvalue weighted by Gasteiger charge is -2.15. The molecule has 2 amide bonds. The van der Waals surface area contributed by atoms with Crippen molar-refractivity contribution >= 4 is 6.03 Å². The number of hydrogen-bond acceptors (Lipinski definition) is 1. The molecule has 0 radical (unpaired) electrons. The second-order valence-corrected chi connectivity index (χ2v) is 6.71. The van der Waals surface area contributed by atoms with Crippen molar-refractivity contribution in [2.75, 3.05) is 6.54 Å². The first-order chi connectivity index (χ1) is 11.7. The van der Waals surface area contributed by atoms with Crippen molar-refractivity contribution in [3.63, 3.8) is 0 Å². The molecule has 3 heteroatoms. The van der Waals surface area contributed by atoms with Gasteiger partial charge in [0.15, 0.2) is 0 Å². The van der Waals surface area contributed by atoms with Gasteiger partial charge >= 0.3 is 6.03 Å². The van der Waals surface area contributed by atoms with E-state index in [0.29, 0.717) is 0 Å². The third-order valence-electron chi connectivity index (χ3n) is 4.46. The molecule has 0 aromatic heterocycles. The van der Waals surface area contributed by atoms with E-state index in [1.54, 1.807) is 0 Å². The lowest BCUT2D eigenvalue weighted by molar-refractivity contribution is 0.237. The van der Waals surface area contributed by atoms with Crippen LogP contribution < -0.4 is 10.6 Å². The first-order valence-corrected chi connectivity index (χ1v) is 9.83. The highest BCUT2D eigenvalue weighted by Crippen LogP contribution is 2.11. The van der Waals surface area contributed by atoms with Crippen LogP contribution in [0.15, 0.2) is 30.3 Å². The molecule has 0 saturated carbocycles. The van der Waals surface area contributed by atoms with Gasteiger partial charge in [0.25, 0.3) is 0 Å². The summed E-state index contributed by atoms with van der Waals surface area (Å²) in [5.41, 5.74) is 1.13. The maximum atomic E-state index is 11.9. The molecule has 0 aliphatic rings. The van der Waals surface area contributed by atoms with Gasteiger partial charge in [0.1, 0.15) is 0 Å². The Morgan fingerprint density at radius 1 is 0.875 bits per heavy atom. The predicted octanol–water partition coefficient (Wildman–Crippen LogP) is 5.97. The number of urea groups is 1. The predicted molar refractivity (Wildman–Crippen MR) is 103 cm³/mol. The lowest BCUT2D eigenvalue weighted by atomic mass is 10.1. The van der Waals surface area contributed by atoms with E-state index in [9.17, 15) is 4.79 Å². The molecule has 2 N–H and O–H groups in total. The Bertz CT molecular complexity index is 419. The fourth-order valence-corrected chi connectivity index (χ4v) is 2.89. The molecule has 136 valence electrons. The van der Waals surface area contributed by atoms with Gasteiger partial charge in [-0.05, 0) is 18.9 Å². The van der Waals surface area contributed by atoms with Gasteiger partial charge in [-0.1, -0.05) is 95.0 Å². The molecule has 0 aliphatic heterocycles. The average Bonchev–Trinajstić information content (AvgIpc) is 2.60. The molecule has 1 atom stereocenters. The number of carbonyl (C=O) groups excluding carboxylic acids is 1. The number of unbranched alkanes of at least 4 members (excludes halogenated alkanes) is 9. The number of carbonyl (C=O) groups is 1. The highest BCUT2D eigenvalue weighted by Gasteiger charge is 2.07. The van der Waals surface area contributed by atoms with E-state index < -0.39 is 0 Å². The lowest BCUT2D eigenvalue weighted by Crippen LogP contribution is -2.37. The van der Waals surface area contributed by atoms with Gasteiger partial charge in [-0.2, -0.15) is 0 Å². The monoisotopic (exact) mass is 332 g/mol. The highest BCUT2D eigenvalue weighted by molar-refractivity contribution is 5.74. The molecule has 3 nitrogen and oxygen atoms in total. The molecule has 1 aromatic rings. The van der Waals surface area contributed by atoms with Crippen molar-refractivity contribution in [1.29, 1.82) is 0 Å². The fourth-order valence-electron chi connectivity index (χ4n) is 2.89. The quantitative estimate of drug-likeness (QED) is 0.429. The van der Waals surface area contributed by atoms with Gasteiger partial charge in [-0.3, -0.25) is 0 Å². The van der Waals surface area contributed by atoms with Crippen LogP contribution in [-0.4, -0.2) is 12.6 Å². The van der Waals surface area contributed by atoms with Crippen molar-refractivity contribution in [1.82, 2.24) is 10.6 Å². The van der Waals surface area contributed by atoms with Gasteiger partial charge in [-0.25, -0.2) is 4.79 Å². The molecular weight excluding hydrogens is 296 g/mol. The Balaban J connectivity index is 1.93. The van der Waals surface area contributed by atoms with Crippen LogP contribution in [0.3, 0.4) is 0 Å². The van der Waals surface area contributed by atoms with Crippen LogP contribution in [0.2, 0.25) is 0 Å². The molecule has 0 unspecified atom stereocenters. The molecule has 0 bridgehead atoms. The van der Waals surface area contributed by atoms with Crippen molar-refractivity contribution < 1.29 is 4.79 Å². The van der Waals surface area contributed by atoms with E-state index in [1.807, 2.05) is 37.3 Å². The second-order valence-electron chi connectivity index (χ2n) is 6.71. The first kappa shape index (κ1) is 20.5. The Morgan fingerprint density at radius 2 is 1.42 bits per heavy atom. The van der Waals surface area contributed by atoms with E-state index in [1.165, 1.54) is 57.8 Å². The Labute approximate surface area is 148 Å². The fraction of sp³-hybridized carbons (Fsp3) is 0.667. The van der Waals surface area contributed by atoms with E-state index in [2.05, 4.69) is 17.6 Å². The van der Waals surface area contributed by atoms with Crippen LogP contribution in [0.1, 0.15) is 89.7 Å². The molecule has 24 heavy (non-hydrogen) atoms. The Kier molecular flexibility index (Phi) is 11.9. The maximum absolute atomic E-state index is 11.9. The number of benzene rings is 1. The van der Waals surface area contributed by atoms with Gasteiger partial charge in [-0.15, -0.1) is 0 Å². The molecule has 0 fully saturated rings. The van der Waals surface area contributed by atoms with Crippen molar-refractivity contribution in [2.24, 2.45) is 0 Å². The Hall–Kier alpha value is -1.51. The van der Waals surface area contributed by atoms with Crippen LogP contribution in [0.4, 0.5) is 4.79 Å². The van der Waals surface area contributed by atoms with Gasteiger partial charge < -0.3 is 10.6 Å². The van der Waals surface area contributed by atoms with Crippen LogP contribution in [0, 0.1) is 0 Å². The largest absolute Gasteiger partial charge is 0.338 e. The minimum Gasteiger partial charge on any atom is -0.338 e. The minimum atomic E-state index is -0.0673. The van der Waals surface area contributed by atoms with E-state index in [-0.39, 0.29) is 12.1 Å². The summed E-state index contributed by atoms with van der Waals surface area (Å²) in [5.74, 6) is 0. The number of nitrogens with one attached hydrogen (secondary N) is 2. The zero-order valence-corrected chi connectivity index (χ0v) is 15.7. The summed E-state index contributed by atoms with van der Waals surface area (Å²) in [4.78, 5) is 11.9. The third kappa shape index (κ3) is 10.3. The minimum absolute atomic E-state index is 0.0407. The SMILES string of the molecule is CCCCCCCCCCCCNC(=O)N[C@@H](C)c1ccccc1. The number of rotatable bonds is 13. The van der Waals surface area contributed by atoms with E-state index in [0.717, 1.165) is 18.5 Å². The van der Waals surface area contributed by atoms with Gasteiger partial charge in [0.2, 0.25) is 0 Å². The molecule has 0 aliphatic carbocycles. The molecule has 0 heterocycles. The summed E-state index contributed by atoms with van der Waals surface area (Å²) in [5, 5.41) is 5.94. The normalized spacial score (nSPS) is 11.9. The van der Waals surface area contributed by atoms with Crippen LogP contribution in [0.5, 0.6) is 0 Å². The van der Waals surface area contributed by atoms with Crippen molar-refractivity contribution in [2.45, 2.75) is 84.1 Å². The van der Waals surface area contributed by atoms with Crippen LogP contribution >= 0.6 is 0 Å². The summed E-state index contributed by atoms with van der Waals surface area (Å²) >= 11 is 0. The molecule has 0 saturated heterocycles. The molecule has 1 rings (SSSR count). The van der Waals surface area contributed by atoms with Gasteiger partial charge in [0, 0.05) is 6.54 Å². The van der Waals surface area contributed by atoms with Crippen LogP contribution in [0.25, 0.3) is 0 Å². The average molecular weight is 333 g/mol. The first-order valence-electron chi connectivity index (χ1n) is 9.83. The summed E-state index contributed by atoms with van der Waals surface area (Å²) in [7, 11) is 0. The topological polar surface area (TPSA) is 41.1 Å². The number of hydrogen-bond donors (Lipinski definition) is 2. The zero-order valence-electron chi connectivity index (χ0n) is 15.7. The standard InChI is InChI=1S/C21H36N2O/c1-3-4-5-6-7-8-9-10-11-15-18-22-21(24)23-19(2)20-16-13-12-14-17-20/h12-14,16-17,19H,3-11,15,18H2,1-2H3,(H2,22,23,24)/t19-/m0/s1. The molecule has 0 spiro atoms. The molecular formula is C21H36N2O. The molecule has 1 aromatic carbocycles. The smallest absolute Gasteiger partial charge is 0.315 e. The van der Waals surface area contributed by atoms with E-state index in [4.69, 9.17) is 0 Å². The zero-order chi connectivity index (χ0) is 17.5. The summed E-state index contributed by atoms with van der Waals surface area (Å²) < 4.78 is 0. The summed E-state index contributed by atoms with van der Waals surface area (Å²) in [6.07, 6.45) is 13.2. The second kappa shape index (κ2) is 13.9. The number of amides is 2. The summed E-state index contributed by atoms with van der Waals surface area (Å²) in [6, 6.07) is 10.0. The van der Waals surface area contributed by atoms with Crippen molar-refractivity contribution in [3.05, 3.63) is 35.9 Å². The maximum Gasteiger partial charge on any atom is 0.315 e. The third-order valence-corrected chi connectivity index (χ3v) is 4.46. The Morgan fingerprint density at radius 3 is 2.00 bits per heavy atom. The van der Waals surface area contributed by atoms with Crippen molar-refractivity contribution in [3.8, 4) is 0 Å². The highest BCUT2D eigenvalue weighted by atomic mass is 16.2.